The topological polar surface area (TPSA) is 152 Å². The second-order valence-corrected chi connectivity index (χ2v) is 11.7. The first kappa shape index (κ1) is 37.0. The molecule has 3 amide bonds. The fourth-order valence-corrected chi connectivity index (χ4v) is 5.24. The Morgan fingerprint density at radius 3 is 2.10 bits per heavy atom. The molecule has 0 aliphatic heterocycles. The molecule has 1 aromatic heterocycles. The molecule has 11 nitrogen and oxygen atoms in total. The molecule has 0 bridgehead atoms. The Morgan fingerprint density at radius 2 is 1.46 bits per heavy atom. The Morgan fingerprint density at radius 1 is 0.846 bits per heavy atom. The highest BCUT2D eigenvalue weighted by molar-refractivity contribution is 5.85. The maximum absolute atomic E-state index is 15.5. The van der Waals surface area contributed by atoms with Gasteiger partial charge in [0.05, 0.1) is 12.2 Å². The van der Waals surface area contributed by atoms with E-state index >= 15 is 8.78 Å². The quantitative estimate of drug-likeness (QED) is 0.129. The van der Waals surface area contributed by atoms with Crippen LogP contribution in [0.4, 0.5) is 23.7 Å². The van der Waals surface area contributed by atoms with Gasteiger partial charge >= 0.3 is 12.0 Å². The number of ether oxygens (including phenoxy) is 1. The van der Waals surface area contributed by atoms with Crippen molar-refractivity contribution in [2.75, 3.05) is 5.32 Å². The summed E-state index contributed by atoms with van der Waals surface area (Å²) in [5.41, 5.74) is 0.417. The summed E-state index contributed by atoms with van der Waals surface area (Å²) < 4.78 is 51.2. The van der Waals surface area contributed by atoms with E-state index in [0.29, 0.717) is 16.7 Å². The van der Waals surface area contributed by atoms with Crippen molar-refractivity contribution in [2.24, 2.45) is 0 Å². The van der Waals surface area contributed by atoms with Crippen molar-refractivity contribution in [3.63, 3.8) is 0 Å². The van der Waals surface area contributed by atoms with Crippen molar-refractivity contribution >= 4 is 23.6 Å². The highest BCUT2D eigenvalue weighted by Crippen LogP contribution is 2.24. The number of rotatable bonds is 14. The van der Waals surface area contributed by atoms with E-state index in [2.05, 4.69) is 20.9 Å². The van der Waals surface area contributed by atoms with E-state index in [4.69, 9.17) is 4.74 Å². The zero-order chi connectivity index (χ0) is 37.1. The molecule has 2 atom stereocenters. The molecule has 2 unspecified atom stereocenters. The van der Waals surface area contributed by atoms with Crippen LogP contribution < -0.4 is 21.5 Å². The van der Waals surface area contributed by atoms with Crippen LogP contribution in [0.5, 0.6) is 0 Å². The Bertz CT molecular complexity index is 2050. The molecule has 5 rings (SSSR count). The number of alkyl halides is 2. The van der Waals surface area contributed by atoms with Crippen LogP contribution in [-0.4, -0.2) is 50.6 Å². The van der Waals surface area contributed by atoms with Crippen molar-refractivity contribution in [2.45, 2.75) is 44.2 Å². The highest BCUT2D eigenvalue weighted by atomic mass is 19.3. The third kappa shape index (κ3) is 9.69. The number of anilines is 1. The fraction of sp³-hybridized carbons (Fsp3) is 0.184. The van der Waals surface area contributed by atoms with Crippen molar-refractivity contribution in [1.82, 2.24) is 20.2 Å². The first-order valence-corrected chi connectivity index (χ1v) is 16.1. The molecule has 5 aromatic rings. The Hall–Kier alpha value is -6.28. The van der Waals surface area contributed by atoms with Crippen molar-refractivity contribution in [1.29, 1.82) is 0 Å². The van der Waals surface area contributed by atoms with Gasteiger partial charge in [-0.2, -0.15) is 8.78 Å². The second-order valence-electron chi connectivity index (χ2n) is 11.7. The van der Waals surface area contributed by atoms with Gasteiger partial charge in [0.2, 0.25) is 5.91 Å². The molecule has 4 N–H and O–H groups in total. The zero-order valence-electron chi connectivity index (χ0n) is 27.5. The van der Waals surface area contributed by atoms with Gasteiger partial charge in [-0.15, -0.1) is 0 Å². The molecule has 14 heteroatoms. The lowest BCUT2D eigenvalue weighted by molar-refractivity contribution is -0.168. The Labute approximate surface area is 296 Å². The molecule has 0 radical (unpaired) electrons. The SMILES string of the molecule is O=C(Cn1c(-c2cccc(F)c2)ncc(NC(=O)OCc2ccccc2)c1=O)NC(Cc1ccccc1)C(O)C(F)(F)C(=O)NCc1ccccc1. The number of carbonyl (C=O) groups is 3. The van der Waals surface area contributed by atoms with Gasteiger partial charge < -0.3 is 20.5 Å². The average molecular weight is 714 g/mol. The highest BCUT2D eigenvalue weighted by Gasteiger charge is 2.50. The van der Waals surface area contributed by atoms with E-state index < -0.39 is 59.6 Å². The largest absolute Gasteiger partial charge is 0.444 e. The van der Waals surface area contributed by atoms with Gasteiger partial charge in [0, 0.05) is 12.1 Å². The number of aromatic nitrogens is 2. The molecule has 0 spiro atoms. The predicted molar refractivity (Wildman–Crippen MR) is 185 cm³/mol. The fourth-order valence-electron chi connectivity index (χ4n) is 5.24. The minimum absolute atomic E-state index is 0.0885. The number of nitrogens with zero attached hydrogens (tertiary/aromatic N) is 2. The Kier molecular flexibility index (Phi) is 12.2. The maximum atomic E-state index is 15.5. The van der Waals surface area contributed by atoms with Crippen molar-refractivity contribution in [3.05, 3.63) is 154 Å². The van der Waals surface area contributed by atoms with Crippen LogP contribution in [0, 0.1) is 5.82 Å². The first-order valence-electron chi connectivity index (χ1n) is 16.1. The van der Waals surface area contributed by atoms with Crippen LogP contribution in [-0.2, 0) is 40.4 Å². The van der Waals surface area contributed by atoms with Crippen LogP contribution in [0.15, 0.2) is 126 Å². The van der Waals surface area contributed by atoms with Crippen LogP contribution >= 0.6 is 0 Å². The predicted octanol–water partition coefficient (Wildman–Crippen LogP) is 4.84. The molecular weight excluding hydrogens is 679 g/mol. The molecule has 0 saturated carbocycles. The van der Waals surface area contributed by atoms with E-state index in [0.717, 1.165) is 22.9 Å². The molecule has 0 aliphatic rings. The lowest BCUT2D eigenvalue weighted by Gasteiger charge is -2.30. The van der Waals surface area contributed by atoms with Gasteiger partial charge in [-0.1, -0.05) is 103 Å². The number of aliphatic hydroxyl groups excluding tert-OH is 1. The Balaban J connectivity index is 1.39. The molecule has 1 heterocycles. The summed E-state index contributed by atoms with van der Waals surface area (Å²) in [6, 6.07) is 28.4. The average Bonchev–Trinajstić information content (AvgIpc) is 3.15. The van der Waals surface area contributed by atoms with Crippen LogP contribution in [0.1, 0.15) is 16.7 Å². The van der Waals surface area contributed by atoms with E-state index in [-0.39, 0.29) is 31.0 Å². The number of benzene rings is 4. The monoisotopic (exact) mass is 713 g/mol. The third-order valence-electron chi connectivity index (χ3n) is 7.88. The summed E-state index contributed by atoms with van der Waals surface area (Å²) in [6.45, 7) is -1.21. The van der Waals surface area contributed by atoms with Crippen LogP contribution in [0.25, 0.3) is 11.4 Å². The molecule has 268 valence electrons. The van der Waals surface area contributed by atoms with Crippen LogP contribution in [0.3, 0.4) is 0 Å². The minimum atomic E-state index is -4.36. The van der Waals surface area contributed by atoms with Gasteiger partial charge in [0.1, 0.15) is 36.6 Å². The van der Waals surface area contributed by atoms with E-state index in [1.807, 2.05) is 0 Å². The number of halogens is 3. The first-order chi connectivity index (χ1) is 25.0. The van der Waals surface area contributed by atoms with Gasteiger partial charge in [-0.05, 0) is 35.2 Å². The standard InChI is InChI=1S/C38H34F3N5O6/c39-29-18-10-17-28(20-29)34-42-22-31(45-37(51)52-24-27-15-8-3-9-16-27)35(49)46(34)23-32(47)44-30(19-25-11-4-1-5-12-25)33(48)38(40,41)36(50)43-21-26-13-6-2-7-14-26/h1-18,20,22,30,33,48H,19,21,23-24H2,(H,43,50)(H,44,47)(H,45,51). The summed E-state index contributed by atoms with van der Waals surface area (Å²) in [6.07, 6.45) is -3.03. The maximum Gasteiger partial charge on any atom is 0.412 e. The number of carbonyl (C=O) groups excluding carboxylic acids is 3. The van der Waals surface area contributed by atoms with Gasteiger partial charge in [-0.25, -0.2) is 14.2 Å². The third-order valence-corrected chi connectivity index (χ3v) is 7.88. The molecular formula is C38H34F3N5O6. The molecule has 0 saturated heterocycles. The second kappa shape index (κ2) is 17.1. The molecule has 0 fully saturated rings. The van der Waals surface area contributed by atoms with Gasteiger partial charge in [-0.3, -0.25) is 24.3 Å². The zero-order valence-corrected chi connectivity index (χ0v) is 27.5. The van der Waals surface area contributed by atoms with Gasteiger partial charge in [0.25, 0.3) is 11.5 Å². The lowest BCUT2D eigenvalue weighted by atomic mass is 9.96. The van der Waals surface area contributed by atoms with Gasteiger partial charge in [0.15, 0.2) is 0 Å². The number of hydrogen-bond donors (Lipinski definition) is 4. The van der Waals surface area contributed by atoms with Crippen molar-refractivity contribution < 1.29 is 37.4 Å². The smallest absolute Gasteiger partial charge is 0.412 e. The van der Waals surface area contributed by atoms with E-state index in [1.54, 1.807) is 91.0 Å². The van der Waals surface area contributed by atoms with E-state index in [9.17, 15) is 28.7 Å². The number of nitrogens with one attached hydrogen (secondary N) is 3. The van der Waals surface area contributed by atoms with E-state index in [1.165, 1.54) is 12.1 Å². The minimum Gasteiger partial charge on any atom is -0.444 e. The normalized spacial score (nSPS) is 12.3. The summed E-state index contributed by atoms with van der Waals surface area (Å²) in [5.74, 6) is -8.02. The molecule has 4 aromatic carbocycles. The number of hydrogen-bond acceptors (Lipinski definition) is 7. The molecule has 0 aliphatic carbocycles. The summed E-state index contributed by atoms with van der Waals surface area (Å²) in [4.78, 5) is 56.7. The summed E-state index contributed by atoms with van der Waals surface area (Å²) in [7, 11) is 0. The molecule has 52 heavy (non-hydrogen) atoms. The summed E-state index contributed by atoms with van der Waals surface area (Å²) >= 11 is 0. The summed E-state index contributed by atoms with van der Waals surface area (Å²) in [5, 5.41) is 17.7. The number of amides is 3. The number of aliphatic hydroxyl groups is 1. The van der Waals surface area contributed by atoms with Crippen LogP contribution in [0.2, 0.25) is 0 Å². The lowest BCUT2D eigenvalue weighted by Crippen LogP contribution is -2.58. The van der Waals surface area contributed by atoms with Crippen molar-refractivity contribution in [3.8, 4) is 11.4 Å².